The fraction of sp³-hybridized carbons (Fsp3) is 0.125. The molecular weight excluding hydrogens is 188 g/mol. The molecule has 0 aliphatic heterocycles. The van der Waals surface area contributed by atoms with Crippen LogP contribution in [0.1, 0.15) is 5.69 Å². The molecule has 66 valence electrons. The lowest BCUT2D eigenvalue weighted by Gasteiger charge is -1.93. The van der Waals surface area contributed by atoms with Crippen LogP contribution in [0.5, 0.6) is 0 Å². The maximum absolute atomic E-state index is 5.64. The van der Waals surface area contributed by atoms with Gasteiger partial charge in [-0.3, -0.25) is 5.10 Å². The molecule has 0 spiro atoms. The number of halogens is 1. The monoisotopic (exact) mass is 194 g/mol. The van der Waals surface area contributed by atoms with Gasteiger partial charge in [0.25, 0.3) is 0 Å². The molecule has 2 rings (SSSR count). The Balaban J connectivity index is 2.46. The van der Waals surface area contributed by atoms with E-state index in [-0.39, 0.29) is 5.28 Å². The highest BCUT2D eigenvalue weighted by molar-refractivity contribution is 6.28. The summed E-state index contributed by atoms with van der Waals surface area (Å²) in [7, 11) is 0. The van der Waals surface area contributed by atoms with Crippen LogP contribution in [0.25, 0.3) is 11.4 Å². The van der Waals surface area contributed by atoms with Gasteiger partial charge < -0.3 is 0 Å². The van der Waals surface area contributed by atoms with Gasteiger partial charge in [-0.25, -0.2) is 9.97 Å². The van der Waals surface area contributed by atoms with Gasteiger partial charge in [0, 0.05) is 11.9 Å². The molecule has 2 aromatic heterocycles. The molecule has 0 bridgehead atoms. The first-order valence-corrected chi connectivity index (χ1v) is 4.14. The molecule has 0 saturated heterocycles. The Morgan fingerprint density at radius 2 is 2.23 bits per heavy atom. The van der Waals surface area contributed by atoms with Gasteiger partial charge in [0.1, 0.15) is 5.69 Å². The summed E-state index contributed by atoms with van der Waals surface area (Å²) in [5.41, 5.74) is 2.50. The average molecular weight is 195 g/mol. The number of H-pyrrole nitrogens is 1. The topological polar surface area (TPSA) is 54.5 Å². The Morgan fingerprint density at radius 1 is 1.38 bits per heavy atom. The van der Waals surface area contributed by atoms with Gasteiger partial charge in [-0.2, -0.15) is 5.10 Å². The van der Waals surface area contributed by atoms with Crippen molar-refractivity contribution in [2.45, 2.75) is 6.92 Å². The second-order valence-electron chi connectivity index (χ2n) is 2.65. The van der Waals surface area contributed by atoms with E-state index >= 15 is 0 Å². The molecule has 4 nitrogen and oxygen atoms in total. The van der Waals surface area contributed by atoms with Crippen molar-refractivity contribution in [2.75, 3.05) is 0 Å². The van der Waals surface area contributed by atoms with Crippen molar-refractivity contribution in [2.24, 2.45) is 0 Å². The minimum Gasteiger partial charge on any atom is -0.282 e. The van der Waals surface area contributed by atoms with Crippen LogP contribution in [0.3, 0.4) is 0 Å². The zero-order chi connectivity index (χ0) is 9.26. The number of rotatable bonds is 1. The minimum atomic E-state index is 0.234. The summed E-state index contributed by atoms with van der Waals surface area (Å²) in [6, 6.07) is 3.67. The maximum atomic E-state index is 5.64. The van der Waals surface area contributed by atoms with Crippen molar-refractivity contribution >= 4 is 11.6 Å². The summed E-state index contributed by atoms with van der Waals surface area (Å²) in [5, 5.41) is 7.12. The van der Waals surface area contributed by atoms with E-state index in [2.05, 4.69) is 20.2 Å². The van der Waals surface area contributed by atoms with E-state index in [0.29, 0.717) is 0 Å². The quantitative estimate of drug-likeness (QED) is 0.705. The Kier molecular flexibility index (Phi) is 1.98. The average Bonchev–Trinajstić information content (AvgIpc) is 2.52. The van der Waals surface area contributed by atoms with Crippen molar-refractivity contribution < 1.29 is 0 Å². The van der Waals surface area contributed by atoms with Gasteiger partial charge in [-0.1, -0.05) is 0 Å². The highest BCUT2D eigenvalue weighted by Crippen LogP contribution is 2.15. The molecule has 0 aromatic carbocycles. The standard InChI is InChI=1S/C8H7ClN4/c1-5-4-7(13-12-5)6-2-3-10-8(9)11-6/h2-4H,1H3,(H,12,13). The first kappa shape index (κ1) is 8.19. The second kappa shape index (κ2) is 3.14. The molecule has 0 aliphatic carbocycles. The molecular formula is C8H7ClN4. The van der Waals surface area contributed by atoms with Crippen molar-refractivity contribution in [3.8, 4) is 11.4 Å². The Morgan fingerprint density at radius 3 is 2.85 bits per heavy atom. The highest BCUT2D eigenvalue weighted by atomic mass is 35.5. The lowest BCUT2D eigenvalue weighted by molar-refractivity contribution is 1.04. The fourth-order valence-corrected chi connectivity index (χ4v) is 1.17. The van der Waals surface area contributed by atoms with Crippen molar-refractivity contribution in [3.63, 3.8) is 0 Å². The smallest absolute Gasteiger partial charge is 0.222 e. The molecule has 0 aliphatic rings. The Labute approximate surface area is 80.0 Å². The van der Waals surface area contributed by atoms with Crippen LogP contribution < -0.4 is 0 Å². The zero-order valence-electron chi connectivity index (χ0n) is 6.95. The number of hydrogen-bond acceptors (Lipinski definition) is 3. The SMILES string of the molecule is Cc1cc(-c2ccnc(Cl)n2)n[nH]1. The van der Waals surface area contributed by atoms with E-state index in [1.54, 1.807) is 12.3 Å². The van der Waals surface area contributed by atoms with E-state index in [1.807, 2.05) is 13.0 Å². The first-order chi connectivity index (χ1) is 6.25. The number of nitrogens with one attached hydrogen (secondary N) is 1. The predicted molar refractivity (Wildman–Crippen MR) is 49.4 cm³/mol. The van der Waals surface area contributed by atoms with Crippen LogP contribution >= 0.6 is 11.6 Å². The molecule has 0 radical (unpaired) electrons. The van der Waals surface area contributed by atoms with Crippen LogP contribution in [0, 0.1) is 6.92 Å². The molecule has 13 heavy (non-hydrogen) atoms. The molecule has 0 saturated carbocycles. The normalized spacial score (nSPS) is 10.3. The van der Waals surface area contributed by atoms with E-state index in [1.165, 1.54) is 0 Å². The highest BCUT2D eigenvalue weighted by Gasteiger charge is 2.03. The van der Waals surface area contributed by atoms with Gasteiger partial charge in [0.15, 0.2) is 0 Å². The number of aromatic nitrogens is 4. The van der Waals surface area contributed by atoms with Crippen molar-refractivity contribution in [1.29, 1.82) is 0 Å². The first-order valence-electron chi connectivity index (χ1n) is 3.76. The molecule has 0 fully saturated rings. The predicted octanol–water partition coefficient (Wildman–Crippen LogP) is 1.83. The van der Waals surface area contributed by atoms with E-state index < -0.39 is 0 Å². The summed E-state index contributed by atoms with van der Waals surface area (Å²) in [6.07, 6.45) is 1.61. The molecule has 5 heteroatoms. The van der Waals surface area contributed by atoms with Gasteiger partial charge in [0.05, 0.1) is 5.69 Å². The minimum absolute atomic E-state index is 0.234. The van der Waals surface area contributed by atoms with Gasteiger partial charge in [-0.15, -0.1) is 0 Å². The van der Waals surface area contributed by atoms with E-state index in [9.17, 15) is 0 Å². The number of hydrogen-bond donors (Lipinski definition) is 1. The number of nitrogens with zero attached hydrogens (tertiary/aromatic N) is 3. The van der Waals surface area contributed by atoms with Crippen LogP contribution in [-0.2, 0) is 0 Å². The summed E-state index contributed by atoms with van der Waals surface area (Å²) < 4.78 is 0. The molecule has 0 amide bonds. The van der Waals surface area contributed by atoms with E-state index in [0.717, 1.165) is 17.1 Å². The van der Waals surface area contributed by atoms with Crippen LogP contribution in [0.15, 0.2) is 18.3 Å². The van der Waals surface area contributed by atoms with Gasteiger partial charge in [0.2, 0.25) is 5.28 Å². The Bertz CT molecular complexity index is 424. The summed E-state index contributed by atoms with van der Waals surface area (Å²) in [6.45, 7) is 1.93. The molecule has 0 unspecified atom stereocenters. The zero-order valence-corrected chi connectivity index (χ0v) is 7.71. The largest absolute Gasteiger partial charge is 0.282 e. The van der Waals surface area contributed by atoms with Crippen LogP contribution in [-0.4, -0.2) is 20.2 Å². The number of aryl methyl sites for hydroxylation is 1. The molecule has 0 atom stereocenters. The van der Waals surface area contributed by atoms with E-state index in [4.69, 9.17) is 11.6 Å². The third-order valence-electron chi connectivity index (χ3n) is 1.59. The summed E-state index contributed by atoms with van der Waals surface area (Å²) >= 11 is 5.64. The molecule has 2 aromatic rings. The lowest BCUT2D eigenvalue weighted by Crippen LogP contribution is -1.86. The third-order valence-corrected chi connectivity index (χ3v) is 1.78. The van der Waals surface area contributed by atoms with Crippen molar-refractivity contribution in [1.82, 2.24) is 20.2 Å². The second-order valence-corrected chi connectivity index (χ2v) is 2.99. The van der Waals surface area contributed by atoms with Crippen LogP contribution in [0.4, 0.5) is 0 Å². The maximum Gasteiger partial charge on any atom is 0.222 e. The molecule has 1 N–H and O–H groups in total. The summed E-state index contributed by atoms with van der Waals surface area (Å²) in [5.74, 6) is 0. The fourth-order valence-electron chi connectivity index (χ4n) is 1.03. The van der Waals surface area contributed by atoms with Crippen LogP contribution in [0.2, 0.25) is 5.28 Å². The van der Waals surface area contributed by atoms with Crippen molar-refractivity contribution in [3.05, 3.63) is 29.3 Å². The Hall–Kier alpha value is -1.42. The summed E-state index contributed by atoms with van der Waals surface area (Å²) in [4.78, 5) is 7.82. The molecule has 2 heterocycles. The van der Waals surface area contributed by atoms with Gasteiger partial charge >= 0.3 is 0 Å². The lowest BCUT2D eigenvalue weighted by atomic mass is 10.3. The van der Waals surface area contributed by atoms with Gasteiger partial charge in [-0.05, 0) is 30.7 Å². The number of aromatic amines is 1. The third kappa shape index (κ3) is 1.67.